The molecule has 118 valence electrons. The molecule has 0 fully saturated rings. The molecule has 0 saturated heterocycles. The fraction of sp³-hybridized carbons (Fsp3) is 0.462. The van der Waals surface area contributed by atoms with Gasteiger partial charge in [0.1, 0.15) is 4.90 Å². The molecule has 3 N–H and O–H groups in total. The minimum Gasteiger partial charge on any atom is -0.465 e. The summed E-state index contributed by atoms with van der Waals surface area (Å²) in [6.07, 6.45) is 1.42. The van der Waals surface area contributed by atoms with Crippen LogP contribution < -0.4 is 10.5 Å². The Morgan fingerprint density at radius 3 is 2.57 bits per heavy atom. The number of hydrogen-bond donors (Lipinski definition) is 2. The minimum absolute atomic E-state index is 0.00212. The van der Waals surface area contributed by atoms with Crippen molar-refractivity contribution in [3.63, 3.8) is 0 Å². The van der Waals surface area contributed by atoms with E-state index in [0.29, 0.717) is 19.6 Å². The highest BCUT2D eigenvalue weighted by atomic mass is 32.2. The Hall–Kier alpha value is -1.64. The maximum atomic E-state index is 12.1. The Kier molecular flexibility index (Phi) is 6.60. The fourth-order valence-corrected chi connectivity index (χ4v) is 2.88. The van der Waals surface area contributed by atoms with Gasteiger partial charge in [-0.25, -0.2) is 17.9 Å². The summed E-state index contributed by atoms with van der Waals surface area (Å²) in [7, 11) is -0.863. The average Bonchev–Trinajstić information content (AvgIpc) is 2.45. The van der Waals surface area contributed by atoms with Crippen molar-refractivity contribution in [2.24, 2.45) is 0 Å². The first-order chi connectivity index (χ1) is 9.92. The van der Waals surface area contributed by atoms with E-state index >= 15 is 0 Å². The number of hydrogen-bond acceptors (Lipinski definition) is 6. The van der Waals surface area contributed by atoms with E-state index < -0.39 is 16.0 Å². The van der Waals surface area contributed by atoms with Gasteiger partial charge in [-0.15, -0.1) is 0 Å². The lowest BCUT2D eigenvalue weighted by Gasteiger charge is -2.10. The first-order valence-electron chi connectivity index (χ1n) is 6.39. The van der Waals surface area contributed by atoms with E-state index in [1.807, 2.05) is 0 Å². The third-order valence-electron chi connectivity index (χ3n) is 2.79. The molecule has 0 atom stereocenters. The number of anilines is 1. The summed E-state index contributed by atoms with van der Waals surface area (Å²) >= 11 is 0. The zero-order valence-electron chi connectivity index (χ0n) is 12.1. The van der Waals surface area contributed by atoms with Gasteiger partial charge in [0.2, 0.25) is 10.0 Å². The van der Waals surface area contributed by atoms with Crippen LogP contribution in [0.5, 0.6) is 0 Å². The zero-order chi connectivity index (χ0) is 15.9. The third kappa shape index (κ3) is 5.00. The lowest BCUT2D eigenvalue weighted by molar-refractivity contribution is 0.0600. The number of carbonyl (C=O) groups is 1. The van der Waals surface area contributed by atoms with E-state index in [0.717, 1.165) is 6.42 Å². The molecule has 0 aromatic heterocycles. The Bertz CT molecular complexity index is 586. The van der Waals surface area contributed by atoms with Gasteiger partial charge in [-0.2, -0.15) is 0 Å². The molecule has 1 aromatic rings. The lowest BCUT2D eigenvalue weighted by Crippen LogP contribution is -2.26. The van der Waals surface area contributed by atoms with Crippen molar-refractivity contribution in [2.75, 3.05) is 33.1 Å². The van der Waals surface area contributed by atoms with E-state index in [4.69, 9.17) is 10.5 Å². The van der Waals surface area contributed by atoms with E-state index in [2.05, 4.69) is 9.46 Å². The predicted molar refractivity (Wildman–Crippen MR) is 78.5 cm³/mol. The number of carbonyl (C=O) groups excluding carboxylic acids is 1. The van der Waals surface area contributed by atoms with Crippen LogP contribution in [-0.2, 0) is 19.5 Å². The minimum atomic E-state index is -3.70. The molecule has 0 bridgehead atoms. The molecule has 0 radical (unpaired) electrons. The number of sulfonamides is 1. The van der Waals surface area contributed by atoms with Crippen molar-refractivity contribution in [3.05, 3.63) is 23.8 Å². The standard InChI is InChI=1S/C13H20N2O5S/c1-19-8-4-3-7-15-21(17,18)12-6-5-10(9-11(12)14)13(16)20-2/h5-6,9,15H,3-4,7-8,14H2,1-2H3. The Morgan fingerprint density at radius 1 is 1.29 bits per heavy atom. The number of rotatable bonds is 8. The topological polar surface area (TPSA) is 108 Å². The van der Waals surface area contributed by atoms with Crippen LogP contribution in [-0.4, -0.2) is 41.8 Å². The molecule has 0 aliphatic heterocycles. The van der Waals surface area contributed by atoms with Crippen LogP contribution in [0.3, 0.4) is 0 Å². The van der Waals surface area contributed by atoms with Gasteiger partial charge in [0.05, 0.1) is 18.4 Å². The van der Waals surface area contributed by atoms with Crippen LogP contribution in [0.25, 0.3) is 0 Å². The van der Waals surface area contributed by atoms with Crippen molar-refractivity contribution in [3.8, 4) is 0 Å². The van der Waals surface area contributed by atoms with E-state index in [1.165, 1.54) is 25.3 Å². The second kappa shape index (κ2) is 7.96. The predicted octanol–water partition coefficient (Wildman–Crippen LogP) is 0.760. The molecule has 0 aliphatic carbocycles. The number of nitrogens with two attached hydrogens (primary N) is 1. The van der Waals surface area contributed by atoms with Crippen molar-refractivity contribution in [1.82, 2.24) is 4.72 Å². The molecule has 0 amide bonds. The van der Waals surface area contributed by atoms with Crippen LogP contribution in [0, 0.1) is 0 Å². The van der Waals surface area contributed by atoms with E-state index in [9.17, 15) is 13.2 Å². The first-order valence-corrected chi connectivity index (χ1v) is 7.87. The molecule has 21 heavy (non-hydrogen) atoms. The van der Waals surface area contributed by atoms with Crippen LogP contribution >= 0.6 is 0 Å². The normalized spacial score (nSPS) is 11.3. The highest BCUT2D eigenvalue weighted by Crippen LogP contribution is 2.20. The van der Waals surface area contributed by atoms with E-state index in [1.54, 1.807) is 7.11 Å². The number of benzene rings is 1. The average molecular weight is 316 g/mol. The largest absolute Gasteiger partial charge is 0.465 e. The zero-order valence-corrected chi connectivity index (χ0v) is 12.9. The number of nitrogen functional groups attached to an aromatic ring is 1. The summed E-state index contributed by atoms with van der Waals surface area (Å²) in [6.45, 7) is 0.877. The molecule has 0 saturated carbocycles. The second-order valence-corrected chi connectivity index (χ2v) is 6.08. The van der Waals surface area contributed by atoms with Crippen LogP contribution in [0.4, 0.5) is 5.69 Å². The van der Waals surface area contributed by atoms with Crippen molar-refractivity contribution in [2.45, 2.75) is 17.7 Å². The molecule has 0 heterocycles. The third-order valence-corrected chi connectivity index (χ3v) is 4.32. The highest BCUT2D eigenvalue weighted by Gasteiger charge is 2.18. The van der Waals surface area contributed by atoms with Crippen molar-refractivity contribution >= 4 is 21.7 Å². The summed E-state index contributed by atoms with van der Waals surface area (Å²) in [5, 5.41) is 0. The summed E-state index contributed by atoms with van der Waals surface area (Å²) in [5.41, 5.74) is 5.91. The number of ether oxygens (including phenoxy) is 2. The molecule has 1 aromatic carbocycles. The van der Waals surface area contributed by atoms with E-state index in [-0.39, 0.29) is 16.1 Å². The summed E-state index contributed by atoms with van der Waals surface area (Å²) in [6, 6.07) is 3.94. The number of methoxy groups -OCH3 is 2. The van der Waals surface area contributed by atoms with Crippen molar-refractivity contribution < 1.29 is 22.7 Å². The Labute approximate surface area is 124 Å². The summed E-state index contributed by atoms with van der Waals surface area (Å²) in [4.78, 5) is 11.3. The van der Waals surface area contributed by atoms with Crippen LogP contribution in [0.2, 0.25) is 0 Å². The highest BCUT2D eigenvalue weighted by molar-refractivity contribution is 7.89. The van der Waals surface area contributed by atoms with Gasteiger partial charge in [-0.3, -0.25) is 0 Å². The molecular weight excluding hydrogens is 296 g/mol. The van der Waals surface area contributed by atoms with Gasteiger partial charge in [-0.05, 0) is 31.0 Å². The van der Waals surface area contributed by atoms with Gasteiger partial charge >= 0.3 is 5.97 Å². The molecule has 8 heteroatoms. The Morgan fingerprint density at radius 2 is 2.00 bits per heavy atom. The lowest BCUT2D eigenvalue weighted by atomic mass is 10.2. The quantitative estimate of drug-likeness (QED) is 0.416. The van der Waals surface area contributed by atoms with Gasteiger partial charge in [0, 0.05) is 20.3 Å². The number of nitrogens with one attached hydrogen (secondary N) is 1. The number of unbranched alkanes of at least 4 members (excludes halogenated alkanes) is 1. The molecule has 0 aliphatic rings. The van der Waals surface area contributed by atoms with Gasteiger partial charge in [0.25, 0.3) is 0 Å². The molecular formula is C13H20N2O5S. The maximum Gasteiger partial charge on any atom is 0.337 e. The van der Waals surface area contributed by atoms with Crippen molar-refractivity contribution in [1.29, 1.82) is 0 Å². The van der Waals surface area contributed by atoms with Gasteiger partial charge in [-0.1, -0.05) is 0 Å². The molecule has 7 nitrogen and oxygen atoms in total. The first kappa shape index (κ1) is 17.4. The van der Waals surface area contributed by atoms with Gasteiger partial charge < -0.3 is 15.2 Å². The second-order valence-electron chi connectivity index (χ2n) is 4.34. The monoisotopic (exact) mass is 316 g/mol. The SMILES string of the molecule is COCCCCNS(=O)(=O)c1ccc(C(=O)OC)cc1N. The summed E-state index contributed by atoms with van der Waals surface area (Å²) < 4.78 is 36.1. The fourth-order valence-electron chi connectivity index (χ4n) is 1.69. The molecule has 1 rings (SSSR count). The molecule has 0 spiro atoms. The summed E-state index contributed by atoms with van der Waals surface area (Å²) in [5.74, 6) is -0.571. The smallest absolute Gasteiger partial charge is 0.337 e. The number of esters is 1. The molecule has 0 unspecified atom stereocenters. The van der Waals surface area contributed by atoms with Gasteiger partial charge in [0.15, 0.2) is 0 Å². The Balaban J connectivity index is 2.77. The maximum absolute atomic E-state index is 12.1. The van der Waals surface area contributed by atoms with Crippen LogP contribution in [0.15, 0.2) is 23.1 Å². The van der Waals surface area contributed by atoms with Crippen LogP contribution in [0.1, 0.15) is 23.2 Å².